The first kappa shape index (κ1) is 26.2. The number of hydrogen-bond acceptors (Lipinski definition) is 6. The van der Waals surface area contributed by atoms with Crippen molar-refractivity contribution in [3.63, 3.8) is 0 Å². The molecule has 3 heterocycles. The van der Waals surface area contributed by atoms with E-state index in [1.807, 2.05) is 0 Å². The summed E-state index contributed by atoms with van der Waals surface area (Å²) < 4.78 is 47.1. The highest BCUT2D eigenvalue weighted by Crippen LogP contribution is 2.41. The van der Waals surface area contributed by atoms with Crippen LogP contribution in [0, 0.1) is 5.82 Å². The Morgan fingerprint density at radius 1 is 1.33 bits per heavy atom. The Kier molecular flexibility index (Phi) is 7.70. The molecule has 0 aliphatic carbocycles. The van der Waals surface area contributed by atoms with Gasteiger partial charge < -0.3 is 19.6 Å². The summed E-state index contributed by atoms with van der Waals surface area (Å²) in [4.78, 5) is 41.4. The molecule has 0 saturated carbocycles. The molecule has 1 fully saturated rings. The Bertz CT molecular complexity index is 1360. The molecule has 0 bridgehead atoms. The van der Waals surface area contributed by atoms with Crippen LogP contribution in [0.1, 0.15) is 18.9 Å². The third kappa shape index (κ3) is 5.27. The molecule has 3 aromatic rings. The van der Waals surface area contributed by atoms with Crippen molar-refractivity contribution in [2.24, 2.45) is 0 Å². The molecule has 1 aliphatic heterocycles. The van der Waals surface area contributed by atoms with E-state index in [0.29, 0.717) is 5.52 Å². The highest BCUT2D eigenvalue weighted by Gasteiger charge is 2.40. The van der Waals surface area contributed by atoms with E-state index in [9.17, 15) is 27.8 Å². The number of benzene rings is 1. The average molecular weight is 542 g/mol. The number of rotatable bonds is 8. The molecule has 1 unspecified atom stereocenters. The molecule has 0 radical (unpaired) electrons. The second kappa shape index (κ2) is 10.6. The normalized spacial score (nSPS) is 19.4. The topological polar surface area (TPSA) is 127 Å². The van der Waals surface area contributed by atoms with Gasteiger partial charge in [0, 0.05) is 24.7 Å². The number of carbonyl (C=O) groups is 2. The van der Waals surface area contributed by atoms with E-state index < -0.39 is 44.0 Å². The monoisotopic (exact) mass is 541 g/mol. The number of nitrogens with zero attached hydrogens (tertiary/aromatic N) is 4. The summed E-state index contributed by atoms with van der Waals surface area (Å²) in [5, 5.41) is 6.53. The van der Waals surface area contributed by atoms with Crippen LogP contribution in [-0.4, -0.2) is 61.7 Å². The quantitative estimate of drug-likeness (QED) is 0.419. The number of aromatic nitrogens is 3. The van der Waals surface area contributed by atoms with Crippen LogP contribution in [0.25, 0.3) is 11.0 Å². The molecule has 1 aliphatic rings. The van der Waals surface area contributed by atoms with Gasteiger partial charge in [0.2, 0.25) is 17.2 Å². The van der Waals surface area contributed by atoms with Gasteiger partial charge in [-0.05, 0) is 25.1 Å². The van der Waals surface area contributed by atoms with Crippen molar-refractivity contribution in [2.75, 3.05) is 13.2 Å². The lowest BCUT2D eigenvalue weighted by Crippen LogP contribution is -2.47. The second-order valence-electron chi connectivity index (χ2n) is 8.12. The number of halogens is 3. The number of likely N-dealkylation sites (tertiary alicyclic amines) is 1. The van der Waals surface area contributed by atoms with Gasteiger partial charge in [0.1, 0.15) is 30.1 Å². The zero-order valence-corrected chi connectivity index (χ0v) is 20.8. The number of alkyl halides is 1. The minimum absolute atomic E-state index is 0.0462. The Hall–Kier alpha value is -2.92. The largest absolute Gasteiger partial charge is 0.381 e. The predicted octanol–water partition coefficient (Wildman–Crippen LogP) is 2.33. The summed E-state index contributed by atoms with van der Waals surface area (Å²) in [6.07, 6.45) is -0.253. The lowest BCUT2D eigenvalue weighted by atomic mass is 10.1. The van der Waals surface area contributed by atoms with Gasteiger partial charge in [0.25, 0.3) is 0 Å². The van der Waals surface area contributed by atoms with Crippen LogP contribution in [0.15, 0.2) is 36.5 Å². The van der Waals surface area contributed by atoms with Gasteiger partial charge in [-0.2, -0.15) is 5.10 Å². The predicted molar refractivity (Wildman–Crippen MR) is 127 cm³/mol. The minimum Gasteiger partial charge on any atom is -0.350 e. The van der Waals surface area contributed by atoms with Crippen molar-refractivity contribution in [3.05, 3.63) is 52.9 Å². The van der Waals surface area contributed by atoms with E-state index in [2.05, 4.69) is 15.4 Å². The van der Waals surface area contributed by atoms with Crippen molar-refractivity contribution in [1.29, 1.82) is 0 Å². The maximum Gasteiger partial charge on any atom is 0.381 e. The van der Waals surface area contributed by atoms with Gasteiger partial charge in [-0.15, -0.1) is 0 Å². The van der Waals surface area contributed by atoms with Gasteiger partial charge in [0.05, 0.1) is 23.7 Å². The minimum atomic E-state index is -4.31. The molecule has 2 aromatic heterocycles. The average Bonchev–Trinajstić information content (AvgIpc) is 3.41. The maximum absolute atomic E-state index is 14.3. The Labute approximate surface area is 209 Å². The van der Waals surface area contributed by atoms with Crippen LogP contribution < -0.4 is 10.8 Å². The number of carbonyl (C=O) groups excluding carboxylic acids is 2. The lowest BCUT2D eigenvalue weighted by Gasteiger charge is -2.23. The molecule has 10 nitrogen and oxygen atoms in total. The van der Waals surface area contributed by atoms with E-state index >= 15 is 0 Å². The van der Waals surface area contributed by atoms with Crippen LogP contribution in [-0.2, 0) is 31.8 Å². The van der Waals surface area contributed by atoms with Crippen molar-refractivity contribution in [1.82, 2.24) is 25.0 Å². The summed E-state index contributed by atoms with van der Waals surface area (Å²) in [5.41, 5.74) is 0.222. The third-order valence-corrected chi connectivity index (χ3v) is 7.44. The highest BCUT2D eigenvalue weighted by molar-refractivity contribution is 7.61. The molecule has 2 amide bonds. The first-order valence-corrected chi connectivity index (χ1v) is 13.0. The van der Waals surface area contributed by atoms with Crippen molar-refractivity contribution < 1.29 is 32.4 Å². The summed E-state index contributed by atoms with van der Waals surface area (Å²) in [5.74, 6) is -1.95. The van der Waals surface area contributed by atoms with E-state index in [1.54, 1.807) is 19.1 Å². The first-order chi connectivity index (χ1) is 17.1. The zero-order valence-electron chi connectivity index (χ0n) is 19.1. The van der Waals surface area contributed by atoms with Crippen molar-refractivity contribution in [2.45, 2.75) is 38.6 Å². The number of fused-ring (bicyclic) bond motifs is 1. The molecule has 192 valence electrons. The smallest absolute Gasteiger partial charge is 0.350 e. The van der Waals surface area contributed by atoms with Crippen molar-refractivity contribution in [3.8, 4) is 0 Å². The van der Waals surface area contributed by atoms with Crippen LogP contribution in [0.5, 0.6) is 0 Å². The molecule has 14 heteroatoms. The van der Waals surface area contributed by atoms with Gasteiger partial charge in [-0.25, -0.2) is 8.78 Å². The maximum atomic E-state index is 14.3. The molecule has 0 spiro atoms. The highest BCUT2D eigenvalue weighted by atomic mass is 35.5. The van der Waals surface area contributed by atoms with Crippen LogP contribution in [0.4, 0.5) is 8.78 Å². The fourth-order valence-corrected chi connectivity index (χ4v) is 5.38. The van der Waals surface area contributed by atoms with Gasteiger partial charge in [-0.3, -0.25) is 23.8 Å². The molecule has 4 rings (SSSR count). The molecular formula is C22H23ClF2N5O5P. The SMILES string of the molecule is CCOP(=O)(O)c1nn(CC(=O)N2C[C@H](F)C[C@H]2C(=O)NCc2cccc(Cl)c2F)c2cccnc12. The fraction of sp³-hybridized carbons (Fsp3) is 0.364. The van der Waals surface area contributed by atoms with Crippen LogP contribution in [0.3, 0.4) is 0 Å². The van der Waals surface area contributed by atoms with Gasteiger partial charge in [-0.1, -0.05) is 23.7 Å². The number of amides is 2. The Morgan fingerprint density at radius 2 is 2.11 bits per heavy atom. The lowest BCUT2D eigenvalue weighted by molar-refractivity contribution is -0.139. The third-order valence-electron chi connectivity index (χ3n) is 5.71. The number of pyridine rings is 1. The summed E-state index contributed by atoms with van der Waals surface area (Å²) >= 11 is 5.76. The zero-order chi connectivity index (χ0) is 26.0. The Balaban J connectivity index is 1.53. The first-order valence-electron chi connectivity index (χ1n) is 11.1. The van der Waals surface area contributed by atoms with Crippen LogP contribution in [0.2, 0.25) is 5.02 Å². The summed E-state index contributed by atoms with van der Waals surface area (Å²) in [7, 11) is -4.31. The van der Waals surface area contributed by atoms with Gasteiger partial charge >= 0.3 is 7.60 Å². The van der Waals surface area contributed by atoms with E-state index in [-0.39, 0.29) is 47.7 Å². The number of hydrogen-bond donors (Lipinski definition) is 2. The van der Waals surface area contributed by atoms with E-state index in [4.69, 9.17) is 16.1 Å². The van der Waals surface area contributed by atoms with E-state index in [1.165, 1.54) is 29.1 Å². The van der Waals surface area contributed by atoms with E-state index in [0.717, 1.165) is 4.90 Å². The second-order valence-corrected chi connectivity index (χ2v) is 10.2. The van der Waals surface area contributed by atoms with Crippen molar-refractivity contribution >= 4 is 47.5 Å². The molecule has 1 saturated heterocycles. The molecule has 3 atom stereocenters. The molecular weight excluding hydrogens is 519 g/mol. The Morgan fingerprint density at radius 3 is 2.86 bits per heavy atom. The molecule has 1 aromatic carbocycles. The summed E-state index contributed by atoms with van der Waals surface area (Å²) in [6.45, 7) is 0.557. The van der Waals surface area contributed by atoms with Crippen LogP contribution >= 0.6 is 19.2 Å². The molecule has 36 heavy (non-hydrogen) atoms. The van der Waals surface area contributed by atoms with Gasteiger partial charge in [0.15, 0.2) is 0 Å². The fourth-order valence-electron chi connectivity index (χ4n) is 4.05. The summed E-state index contributed by atoms with van der Waals surface area (Å²) in [6, 6.07) is 6.36. The molecule has 2 N–H and O–H groups in total. The number of nitrogens with one attached hydrogen (secondary N) is 1. The standard InChI is InChI=1S/C22H23ClF2N5O5P/c1-2-35-36(33,34)22-20-16(7-4-8-26-20)30(28-22)12-18(31)29-11-14(24)9-17(29)21(32)27-10-13-5-3-6-15(23)19(13)25/h3-8,14,17H,2,9-12H2,1H3,(H,27,32)(H,33,34)/t14-,17+/m1/s1.